The van der Waals surface area contributed by atoms with E-state index in [0.29, 0.717) is 45.2 Å². The van der Waals surface area contributed by atoms with Crippen molar-refractivity contribution in [3.63, 3.8) is 0 Å². The summed E-state index contributed by atoms with van der Waals surface area (Å²) < 4.78 is 10.6. The molecule has 0 radical (unpaired) electrons. The topological polar surface area (TPSA) is 93.0 Å². The Morgan fingerprint density at radius 2 is 1.96 bits per heavy atom. The number of nitrogens with zero attached hydrogens (tertiary/aromatic N) is 3. The second-order valence-corrected chi connectivity index (χ2v) is 6.41. The zero-order valence-electron chi connectivity index (χ0n) is 14.2. The van der Waals surface area contributed by atoms with Gasteiger partial charge in [-0.3, -0.25) is 4.79 Å². The third-order valence-electron chi connectivity index (χ3n) is 3.66. The molecule has 0 aromatic carbocycles. The van der Waals surface area contributed by atoms with E-state index in [1.165, 1.54) is 11.3 Å². The van der Waals surface area contributed by atoms with Crippen LogP contribution in [0.25, 0.3) is 0 Å². The van der Waals surface area contributed by atoms with Crippen LogP contribution in [0.15, 0.2) is 5.38 Å². The molecule has 1 fully saturated rings. The van der Waals surface area contributed by atoms with Crippen molar-refractivity contribution in [3.8, 4) is 0 Å². The zero-order valence-corrected chi connectivity index (χ0v) is 15.0. The van der Waals surface area contributed by atoms with Crippen molar-refractivity contribution >= 4 is 22.4 Å². The Hall–Kier alpha value is -1.26. The Morgan fingerprint density at radius 1 is 1.25 bits per heavy atom. The molecule has 1 aromatic rings. The van der Waals surface area contributed by atoms with Crippen LogP contribution in [-0.4, -0.2) is 88.5 Å². The van der Waals surface area contributed by atoms with Crippen molar-refractivity contribution in [2.24, 2.45) is 5.73 Å². The average Bonchev–Trinajstić information content (AvgIpc) is 3.08. The van der Waals surface area contributed by atoms with Gasteiger partial charge in [-0.05, 0) is 7.05 Å². The van der Waals surface area contributed by atoms with E-state index in [0.717, 1.165) is 31.3 Å². The maximum absolute atomic E-state index is 12.1. The maximum atomic E-state index is 12.1. The molecule has 2 heterocycles. The highest BCUT2D eigenvalue weighted by atomic mass is 32.1. The van der Waals surface area contributed by atoms with Crippen molar-refractivity contribution in [2.45, 2.75) is 0 Å². The van der Waals surface area contributed by atoms with Gasteiger partial charge in [0.05, 0.1) is 26.4 Å². The van der Waals surface area contributed by atoms with Crippen LogP contribution in [-0.2, 0) is 9.47 Å². The number of aromatic nitrogens is 1. The number of rotatable bonds is 10. The van der Waals surface area contributed by atoms with E-state index in [1.54, 1.807) is 0 Å². The molecule has 9 heteroatoms. The second-order valence-electron chi connectivity index (χ2n) is 5.57. The molecule has 0 atom stereocenters. The molecule has 0 aliphatic carbocycles. The number of hydrogen-bond acceptors (Lipinski definition) is 8. The Balaban J connectivity index is 1.62. The van der Waals surface area contributed by atoms with Crippen LogP contribution in [0.2, 0.25) is 0 Å². The minimum absolute atomic E-state index is 0.158. The predicted octanol–water partition coefficient (Wildman–Crippen LogP) is -0.383. The van der Waals surface area contributed by atoms with Crippen LogP contribution < -0.4 is 16.0 Å². The lowest BCUT2D eigenvalue weighted by Crippen LogP contribution is -2.44. The number of ether oxygens (including phenoxy) is 2. The Morgan fingerprint density at radius 3 is 2.67 bits per heavy atom. The third kappa shape index (κ3) is 6.33. The highest BCUT2D eigenvalue weighted by molar-refractivity contribution is 7.13. The number of carbonyl (C=O) groups is 1. The lowest BCUT2D eigenvalue weighted by molar-refractivity contribution is 0.0511. The number of thiazole rings is 1. The molecule has 2 rings (SSSR count). The summed E-state index contributed by atoms with van der Waals surface area (Å²) in [4.78, 5) is 21.0. The number of anilines is 1. The highest BCUT2D eigenvalue weighted by Gasteiger charge is 2.18. The van der Waals surface area contributed by atoms with Gasteiger partial charge in [-0.1, -0.05) is 0 Å². The van der Waals surface area contributed by atoms with Crippen molar-refractivity contribution in [2.75, 3.05) is 77.6 Å². The molecule has 0 bridgehead atoms. The highest BCUT2D eigenvalue weighted by Crippen LogP contribution is 2.21. The summed E-state index contributed by atoms with van der Waals surface area (Å²) in [7, 11) is 2.12. The molecular formula is C15H27N5O3S. The average molecular weight is 357 g/mol. The predicted molar refractivity (Wildman–Crippen MR) is 94.8 cm³/mol. The summed E-state index contributed by atoms with van der Waals surface area (Å²) in [6.45, 7) is 6.92. The molecule has 0 saturated carbocycles. The van der Waals surface area contributed by atoms with Crippen LogP contribution in [0.5, 0.6) is 0 Å². The van der Waals surface area contributed by atoms with Gasteiger partial charge in [0.25, 0.3) is 5.91 Å². The fourth-order valence-electron chi connectivity index (χ4n) is 2.24. The lowest BCUT2D eigenvalue weighted by atomic mass is 10.3. The minimum Gasteiger partial charge on any atom is -0.378 e. The van der Waals surface area contributed by atoms with Gasteiger partial charge in [-0.2, -0.15) is 0 Å². The molecule has 1 saturated heterocycles. The molecule has 1 aliphatic rings. The van der Waals surface area contributed by atoms with Gasteiger partial charge >= 0.3 is 0 Å². The summed E-state index contributed by atoms with van der Waals surface area (Å²) in [6.07, 6.45) is 0. The fourth-order valence-corrected chi connectivity index (χ4v) is 3.10. The van der Waals surface area contributed by atoms with Gasteiger partial charge in [0, 0.05) is 44.6 Å². The molecule has 24 heavy (non-hydrogen) atoms. The molecule has 0 spiro atoms. The van der Waals surface area contributed by atoms with Crippen LogP contribution in [0.4, 0.5) is 5.13 Å². The molecule has 1 aromatic heterocycles. The first-order valence-electron chi connectivity index (χ1n) is 8.23. The number of nitrogens with one attached hydrogen (secondary N) is 1. The normalized spacial score (nSPS) is 15.7. The lowest BCUT2D eigenvalue weighted by Gasteiger charge is -2.32. The van der Waals surface area contributed by atoms with Crippen LogP contribution in [0.1, 0.15) is 10.5 Å². The van der Waals surface area contributed by atoms with Crippen molar-refractivity contribution < 1.29 is 14.3 Å². The maximum Gasteiger partial charge on any atom is 0.270 e. The van der Waals surface area contributed by atoms with E-state index in [-0.39, 0.29) is 5.91 Å². The van der Waals surface area contributed by atoms with Gasteiger partial charge in [-0.15, -0.1) is 11.3 Å². The molecular weight excluding hydrogens is 330 g/mol. The summed E-state index contributed by atoms with van der Waals surface area (Å²) in [5, 5.41) is 5.55. The molecule has 3 N–H and O–H groups in total. The van der Waals surface area contributed by atoms with E-state index in [9.17, 15) is 4.79 Å². The first-order chi connectivity index (χ1) is 11.7. The quantitative estimate of drug-likeness (QED) is 0.551. The van der Waals surface area contributed by atoms with Crippen LogP contribution >= 0.6 is 11.3 Å². The molecule has 1 amide bonds. The second kappa shape index (κ2) is 10.6. The van der Waals surface area contributed by atoms with Gasteiger partial charge in [0.15, 0.2) is 5.13 Å². The largest absolute Gasteiger partial charge is 0.378 e. The molecule has 1 aliphatic heterocycles. The molecule has 0 unspecified atom stereocenters. The van der Waals surface area contributed by atoms with Crippen molar-refractivity contribution in [1.29, 1.82) is 0 Å². The monoisotopic (exact) mass is 357 g/mol. The Labute approximate surface area is 146 Å². The number of nitrogens with two attached hydrogens (primary N) is 1. The first kappa shape index (κ1) is 19.1. The summed E-state index contributed by atoms with van der Waals surface area (Å²) in [5.74, 6) is -0.158. The van der Waals surface area contributed by atoms with Crippen molar-refractivity contribution in [3.05, 3.63) is 11.1 Å². The summed E-state index contributed by atoms with van der Waals surface area (Å²) in [5.41, 5.74) is 5.78. The smallest absolute Gasteiger partial charge is 0.270 e. The van der Waals surface area contributed by atoms with Crippen LogP contribution in [0, 0.1) is 0 Å². The van der Waals surface area contributed by atoms with Crippen LogP contribution in [0.3, 0.4) is 0 Å². The number of carbonyl (C=O) groups excluding carboxylic acids is 1. The van der Waals surface area contributed by atoms with Gasteiger partial charge in [0.2, 0.25) is 0 Å². The van der Waals surface area contributed by atoms with Crippen molar-refractivity contribution in [1.82, 2.24) is 15.2 Å². The Bertz CT molecular complexity index is 491. The fraction of sp³-hybridized carbons (Fsp3) is 0.733. The third-order valence-corrected chi connectivity index (χ3v) is 4.57. The summed E-state index contributed by atoms with van der Waals surface area (Å²) >= 11 is 1.52. The van der Waals surface area contributed by atoms with Gasteiger partial charge in [0.1, 0.15) is 5.69 Å². The number of amides is 1. The van der Waals surface area contributed by atoms with E-state index in [1.807, 2.05) is 5.38 Å². The molecule has 8 nitrogen and oxygen atoms in total. The van der Waals surface area contributed by atoms with E-state index in [2.05, 4.69) is 27.1 Å². The number of piperazine rings is 1. The number of hydrogen-bond donors (Lipinski definition) is 2. The van der Waals surface area contributed by atoms with E-state index in [4.69, 9.17) is 15.2 Å². The number of likely N-dealkylation sites (N-methyl/N-ethyl adjacent to an activating group) is 1. The van der Waals surface area contributed by atoms with E-state index >= 15 is 0 Å². The SMILES string of the molecule is CN1CCN(c2nc(C(=O)NCCOCCOCCN)cs2)CC1. The van der Waals surface area contributed by atoms with Gasteiger partial charge < -0.3 is 30.3 Å². The van der Waals surface area contributed by atoms with Gasteiger partial charge in [-0.25, -0.2) is 4.98 Å². The summed E-state index contributed by atoms with van der Waals surface area (Å²) in [6, 6.07) is 0. The first-order valence-corrected chi connectivity index (χ1v) is 9.11. The zero-order chi connectivity index (χ0) is 17.2. The standard InChI is InChI=1S/C15H27N5O3S/c1-19-4-6-20(7-5-19)15-18-13(12-24-15)14(21)17-3-9-23-11-10-22-8-2-16/h12H,2-11,16H2,1H3,(H,17,21). The Kier molecular flexibility index (Phi) is 8.40. The minimum atomic E-state index is -0.158. The molecule has 136 valence electrons. The van der Waals surface area contributed by atoms with E-state index < -0.39 is 0 Å².